The average molecular weight is 418 g/mol. The number of benzene rings is 2. The van der Waals surface area contributed by atoms with E-state index in [1.54, 1.807) is 13.3 Å². The molecule has 0 aliphatic carbocycles. The lowest BCUT2D eigenvalue weighted by atomic mass is 10.2. The lowest BCUT2D eigenvalue weighted by molar-refractivity contribution is -0.121. The number of rotatable bonds is 8. The van der Waals surface area contributed by atoms with E-state index in [0.29, 0.717) is 6.42 Å². The minimum Gasteiger partial charge on any atom is -0.497 e. The van der Waals surface area contributed by atoms with Crippen molar-refractivity contribution in [1.82, 2.24) is 5.43 Å². The van der Waals surface area contributed by atoms with E-state index in [1.165, 1.54) is 0 Å². The number of anilines is 1. The van der Waals surface area contributed by atoms with Crippen LogP contribution in [0.4, 0.5) is 5.69 Å². The Morgan fingerprint density at radius 1 is 1.12 bits per heavy atom. The molecule has 2 aromatic carbocycles. The van der Waals surface area contributed by atoms with Crippen LogP contribution >= 0.6 is 15.9 Å². The third kappa shape index (κ3) is 7.06. The summed E-state index contributed by atoms with van der Waals surface area (Å²) in [4.78, 5) is 23.6. The van der Waals surface area contributed by atoms with E-state index in [2.05, 4.69) is 31.8 Å². The van der Waals surface area contributed by atoms with Crippen molar-refractivity contribution in [3.8, 4) is 5.75 Å². The minimum absolute atomic E-state index is 0.125. The van der Waals surface area contributed by atoms with Crippen LogP contribution in [0.2, 0.25) is 0 Å². The van der Waals surface area contributed by atoms with Gasteiger partial charge in [0, 0.05) is 23.0 Å². The Labute approximate surface area is 160 Å². The van der Waals surface area contributed by atoms with Crippen molar-refractivity contribution in [2.75, 3.05) is 12.4 Å². The predicted octanol–water partition coefficient (Wildman–Crippen LogP) is 3.72. The summed E-state index contributed by atoms with van der Waals surface area (Å²) in [6, 6.07) is 14.6. The number of carbonyl (C=O) groups excluding carboxylic acids is 2. The Morgan fingerprint density at radius 3 is 2.58 bits per heavy atom. The number of halogens is 1. The zero-order valence-corrected chi connectivity index (χ0v) is 16.0. The fourth-order valence-corrected chi connectivity index (χ4v) is 2.39. The summed E-state index contributed by atoms with van der Waals surface area (Å²) in [5.41, 5.74) is 4.00. The molecule has 0 fully saturated rings. The Hall–Kier alpha value is -2.67. The van der Waals surface area contributed by atoms with Crippen LogP contribution in [-0.4, -0.2) is 25.1 Å². The summed E-state index contributed by atoms with van der Waals surface area (Å²) in [5, 5.41) is 6.69. The first-order chi connectivity index (χ1) is 12.6. The molecule has 6 nitrogen and oxygen atoms in total. The normalized spacial score (nSPS) is 10.5. The van der Waals surface area contributed by atoms with Crippen molar-refractivity contribution in [2.24, 2.45) is 5.10 Å². The molecule has 0 bridgehead atoms. The number of carbonyl (C=O) groups is 2. The lowest BCUT2D eigenvalue weighted by Gasteiger charge is -2.05. The van der Waals surface area contributed by atoms with E-state index in [-0.39, 0.29) is 24.7 Å². The second-order valence-corrected chi connectivity index (χ2v) is 6.39. The summed E-state index contributed by atoms with van der Waals surface area (Å²) in [5.74, 6) is 0.359. The van der Waals surface area contributed by atoms with Crippen LogP contribution in [0.25, 0.3) is 0 Å². The molecule has 2 amide bonds. The Bertz CT molecular complexity index is 776. The first-order valence-electron chi connectivity index (χ1n) is 8.08. The van der Waals surface area contributed by atoms with Gasteiger partial charge >= 0.3 is 0 Å². The number of amides is 2. The van der Waals surface area contributed by atoms with Gasteiger partial charge in [-0.2, -0.15) is 5.10 Å². The van der Waals surface area contributed by atoms with Gasteiger partial charge in [0.25, 0.3) is 0 Å². The first-order valence-corrected chi connectivity index (χ1v) is 8.87. The summed E-state index contributed by atoms with van der Waals surface area (Å²) in [6.45, 7) is 0. The second-order valence-electron chi connectivity index (χ2n) is 5.48. The van der Waals surface area contributed by atoms with Crippen LogP contribution in [-0.2, 0) is 9.59 Å². The molecule has 2 rings (SSSR count). The van der Waals surface area contributed by atoms with Gasteiger partial charge in [-0.05, 0) is 48.4 Å². The van der Waals surface area contributed by atoms with E-state index in [9.17, 15) is 9.59 Å². The molecule has 0 unspecified atom stereocenters. The fraction of sp³-hybridized carbons (Fsp3) is 0.211. The molecule has 7 heteroatoms. The molecule has 2 N–H and O–H groups in total. The minimum atomic E-state index is -0.236. The summed E-state index contributed by atoms with van der Waals surface area (Å²) in [7, 11) is 1.59. The van der Waals surface area contributed by atoms with Crippen LogP contribution in [0.1, 0.15) is 24.8 Å². The molecule has 0 aliphatic heterocycles. The maximum atomic E-state index is 11.8. The quantitative estimate of drug-likeness (QED) is 0.507. The maximum Gasteiger partial charge on any atom is 0.240 e. The zero-order chi connectivity index (χ0) is 18.8. The van der Waals surface area contributed by atoms with Gasteiger partial charge in [-0.25, -0.2) is 5.43 Å². The highest BCUT2D eigenvalue weighted by atomic mass is 79.9. The average Bonchev–Trinajstić information content (AvgIpc) is 2.64. The molecule has 0 heterocycles. The van der Waals surface area contributed by atoms with Crippen molar-refractivity contribution >= 4 is 39.6 Å². The second kappa shape index (κ2) is 10.4. The van der Waals surface area contributed by atoms with Crippen molar-refractivity contribution in [1.29, 1.82) is 0 Å². The van der Waals surface area contributed by atoms with E-state index in [1.807, 2.05) is 48.5 Å². The molecule has 26 heavy (non-hydrogen) atoms. The van der Waals surface area contributed by atoms with Crippen molar-refractivity contribution < 1.29 is 14.3 Å². The van der Waals surface area contributed by atoms with E-state index >= 15 is 0 Å². The summed E-state index contributed by atoms with van der Waals surface area (Å²) in [6.07, 6.45) is 2.48. The molecule has 0 saturated heterocycles. The highest BCUT2D eigenvalue weighted by Crippen LogP contribution is 2.14. The Kier molecular flexibility index (Phi) is 7.82. The van der Waals surface area contributed by atoms with Gasteiger partial charge in [0.1, 0.15) is 5.75 Å². The number of ether oxygens (including phenoxy) is 1. The van der Waals surface area contributed by atoms with Crippen LogP contribution in [0.3, 0.4) is 0 Å². The van der Waals surface area contributed by atoms with Gasteiger partial charge in [-0.15, -0.1) is 0 Å². The smallest absolute Gasteiger partial charge is 0.240 e. The van der Waals surface area contributed by atoms with Crippen LogP contribution < -0.4 is 15.5 Å². The molecule has 136 valence electrons. The number of hydrogen-bond donors (Lipinski definition) is 2. The van der Waals surface area contributed by atoms with Gasteiger partial charge in [0.15, 0.2) is 0 Å². The van der Waals surface area contributed by atoms with E-state index in [4.69, 9.17) is 4.74 Å². The number of nitrogens with zero attached hydrogens (tertiary/aromatic N) is 1. The molecule has 2 aromatic rings. The van der Waals surface area contributed by atoms with Crippen LogP contribution in [0, 0.1) is 0 Å². The predicted molar refractivity (Wildman–Crippen MR) is 105 cm³/mol. The van der Waals surface area contributed by atoms with Gasteiger partial charge in [-0.1, -0.05) is 28.1 Å². The SMILES string of the molecule is COc1cccc(/C=N\NC(=O)CCCC(=O)Nc2ccc(Br)cc2)c1. The van der Waals surface area contributed by atoms with E-state index in [0.717, 1.165) is 21.5 Å². The fourth-order valence-electron chi connectivity index (χ4n) is 2.12. The third-order valence-corrected chi connectivity index (χ3v) is 3.96. The van der Waals surface area contributed by atoms with Crippen LogP contribution in [0.5, 0.6) is 5.75 Å². The van der Waals surface area contributed by atoms with Gasteiger partial charge < -0.3 is 10.1 Å². The standard InChI is InChI=1S/C19H20BrN3O3/c1-26-17-5-2-4-14(12-17)13-21-23-19(25)7-3-6-18(24)22-16-10-8-15(20)9-11-16/h2,4-5,8-13H,3,6-7H2,1H3,(H,22,24)(H,23,25)/b21-13-. The van der Waals surface area contributed by atoms with Crippen molar-refractivity contribution in [3.63, 3.8) is 0 Å². The largest absolute Gasteiger partial charge is 0.497 e. The van der Waals surface area contributed by atoms with Gasteiger partial charge in [-0.3, -0.25) is 9.59 Å². The molecule has 0 aliphatic rings. The zero-order valence-electron chi connectivity index (χ0n) is 14.4. The summed E-state index contributed by atoms with van der Waals surface area (Å²) >= 11 is 3.34. The molecule has 0 aromatic heterocycles. The lowest BCUT2D eigenvalue weighted by Crippen LogP contribution is -2.18. The number of methoxy groups -OCH3 is 1. The van der Waals surface area contributed by atoms with Crippen molar-refractivity contribution in [3.05, 3.63) is 58.6 Å². The number of nitrogens with one attached hydrogen (secondary N) is 2. The van der Waals surface area contributed by atoms with Crippen molar-refractivity contribution in [2.45, 2.75) is 19.3 Å². The highest BCUT2D eigenvalue weighted by Gasteiger charge is 2.05. The maximum absolute atomic E-state index is 11.8. The van der Waals surface area contributed by atoms with Gasteiger partial charge in [0.05, 0.1) is 13.3 Å². The molecular weight excluding hydrogens is 398 g/mol. The Balaban J connectivity index is 1.67. The van der Waals surface area contributed by atoms with Gasteiger partial charge in [0.2, 0.25) is 11.8 Å². The summed E-state index contributed by atoms with van der Waals surface area (Å²) < 4.78 is 6.06. The van der Waals surface area contributed by atoms with Crippen LogP contribution in [0.15, 0.2) is 58.1 Å². The molecular formula is C19H20BrN3O3. The molecule has 0 saturated carbocycles. The van der Waals surface area contributed by atoms with E-state index < -0.39 is 0 Å². The molecule has 0 spiro atoms. The number of hydrazone groups is 1. The highest BCUT2D eigenvalue weighted by molar-refractivity contribution is 9.10. The number of hydrogen-bond acceptors (Lipinski definition) is 4. The Morgan fingerprint density at radius 2 is 1.85 bits per heavy atom. The molecule has 0 radical (unpaired) electrons. The first kappa shape index (κ1) is 19.7. The monoisotopic (exact) mass is 417 g/mol. The molecule has 0 atom stereocenters. The topological polar surface area (TPSA) is 79.8 Å². The third-order valence-electron chi connectivity index (χ3n) is 3.43.